The molecule has 0 spiro atoms. The van der Waals surface area contributed by atoms with Gasteiger partial charge in [0.25, 0.3) is 5.91 Å². The van der Waals surface area contributed by atoms with E-state index in [9.17, 15) is 4.79 Å². The Morgan fingerprint density at radius 1 is 1.47 bits per heavy atom. The van der Waals surface area contributed by atoms with Crippen LogP contribution in [-0.4, -0.2) is 17.6 Å². The van der Waals surface area contributed by atoms with Crippen LogP contribution >= 0.6 is 0 Å². The molecule has 4 nitrogen and oxygen atoms in total. The molecule has 1 aromatic rings. The Hall–Kier alpha value is -1.97. The van der Waals surface area contributed by atoms with Crippen molar-refractivity contribution in [1.29, 1.82) is 0 Å². The first-order chi connectivity index (χ1) is 7.27. The Labute approximate surface area is 88.1 Å². The normalized spacial score (nSPS) is 13.8. The van der Waals surface area contributed by atoms with Crippen molar-refractivity contribution in [2.45, 2.75) is 6.92 Å². The molecule has 1 amide bonds. The monoisotopic (exact) mass is 204 g/mol. The van der Waals surface area contributed by atoms with E-state index in [4.69, 9.17) is 4.74 Å². The lowest BCUT2D eigenvalue weighted by molar-refractivity contribution is 0.0752. The summed E-state index contributed by atoms with van der Waals surface area (Å²) in [6, 6.07) is 7.46. The van der Waals surface area contributed by atoms with Crippen LogP contribution in [-0.2, 0) is 4.74 Å². The number of rotatable bonds is 2. The summed E-state index contributed by atoms with van der Waals surface area (Å²) in [5.41, 5.74) is 4.35. The minimum Gasteiger partial charge on any atom is -0.477 e. The number of hydrogen-bond donors (Lipinski definition) is 1. The molecule has 1 heterocycles. The summed E-state index contributed by atoms with van der Waals surface area (Å²) >= 11 is 0. The minimum absolute atomic E-state index is 0.122. The van der Waals surface area contributed by atoms with Crippen LogP contribution in [0.3, 0.4) is 0 Å². The molecular weight excluding hydrogens is 192 g/mol. The van der Waals surface area contributed by atoms with Gasteiger partial charge in [-0.2, -0.15) is 0 Å². The number of benzene rings is 1. The summed E-state index contributed by atoms with van der Waals surface area (Å²) < 4.78 is 4.95. The van der Waals surface area contributed by atoms with Gasteiger partial charge in [-0.25, -0.2) is 0 Å². The van der Waals surface area contributed by atoms with Crippen molar-refractivity contribution >= 4 is 5.91 Å². The van der Waals surface area contributed by atoms with E-state index in [2.05, 4.69) is 5.43 Å². The number of amides is 1. The number of aryl methyl sites for hydroxylation is 1. The van der Waals surface area contributed by atoms with Gasteiger partial charge < -0.3 is 4.74 Å². The summed E-state index contributed by atoms with van der Waals surface area (Å²) in [7, 11) is 0. The molecule has 78 valence electrons. The predicted octanol–water partition coefficient (Wildman–Crippen LogP) is 1.40. The maximum absolute atomic E-state index is 11.8. The first-order valence-electron chi connectivity index (χ1n) is 4.69. The van der Waals surface area contributed by atoms with Gasteiger partial charge in [0.05, 0.1) is 6.20 Å². The van der Waals surface area contributed by atoms with Crippen LogP contribution in [0.4, 0.5) is 0 Å². The lowest BCUT2D eigenvalue weighted by Gasteiger charge is -2.15. The van der Waals surface area contributed by atoms with Crippen LogP contribution in [0.1, 0.15) is 15.9 Å². The molecule has 0 saturated carbocycles. The molecule has 0 atom stereocenters. The molecule has 0 unspecified atom stereocenters. The third-order valence-electron chi connectivity index (χ3n) is 2.19. The van der Waals surface area contributed by atoms with Gasteiger partial charge in [-0.1, -0.05) is 18.2 Å². The van der Waals surface area contributed by atoms with Crippen molar-refractivity contribution in [1.82, 2.24) is 10.4 Å². The molecule has 0 saturated heterocycles. The molecule has 1 aliphatic heterocycles. The Morgan fingerprint density at radius 3 is 2.93 bits per heavy atom. The molecular formula is C11H12N2O2. The van der Waals surface area contributed by atoms with Crippen molar-refractivity contribution in [3.63, 3.8) is 0 Å². The van der Waals surface area contributed by atoms with E-state index in [0.717, 1.165) is 5.56 Å². The second kappa shape index (κ2) is 4.04. The molecule has 2 rings (SSSR count). The first kappa shape index (κ1) is 9.58. The quantitative estimate of drug-likeness (QED) is 0.791. The number of hydrazine groups is 1. The zero-order valence-corrected chi connectivity index (χ0v) is 8.43. The maximum atomic E-state index is 11.8. The van der Waals surface area contributed by atoms with E-state index in [1.807, 2.05) is 25.1 Å². The van der Waals surface area contributed by atoms with Gasteiger partial charge in [-0.3, -0.25) is 15.2 Å². The van der Waals surface area contributed by atoms with Gasteiger partial charge in [0.1, 0.15) is 6.26 Å². The molecule has 15 heavy (non-hydrogen) atoms. The topological polar surface area (TPSA) is 41.6 Å². The fraction of sp³-hybridized carbons (Fsp3) is 0.182. The molecule has 0 radical (unpaired) electrons. The van der Waals surface area contributed by atoms with Crippen molar-refractivity contribution < 1.29 is 9.53 Å². The van der Waals surface area contributed by atoms with Gasteiger partial charge in [-0.15, -0.1) is 0 Å². The van der Waals surface area contributed by atoms with Crippen molar-refractivity contribution in [3.8, 4) is 0 Å². The van der Waals surface area contributed by atoms with Gasteiger partial charge in [0.2, 0.25) is 0 Å². The van der Waals surface area contributed by atoms with E-state index in [1.165, 1.54) is 6.26 Å². The van der Waals surface area contributed by atoms with Crippen molar-refractivity contribution in [2.24, 2.45) is 0 Å². The molecule has 0 aliphatic carbocycles. The fourth-order valence-corrected chi connectivity index (χ4v) is 1.37. The van der Waals surface area contributed by atoms with E-state index in [1.54, 1.807) is 17.3 Å². The van der Waals surface area contributed by atoms with E-state index in [0.29, 0.717) is 12.3 Å². The Bertz CT molecular complexity index is 401. The average molecular weight is 204 g/mol. The van der Waals surface area contributed by atoms with Crippen LogP contribution in [0.15, 0.2) is 36.7 Å². The molecule has 0 fully saturated rings. The lowest BCUT2D eigenvalue weighted by Crippen LogP contribution is -2.37. The third-order valence-corrected chi connectivity index (χ3v) is 2.19. The lowest BCUT2D eigenvalue weighted by atomic mass is 10.1. The Morgan fingerprint density at radius 2 is 2.27 bits per heavy atom. The van der Waals surface area contributed by atoms with Crippen molar-refractivity contribution in [2.75, 3.05) is 6.73 Å². The second-order valence-electron chi connectivity index (χ2n) is 3.31. The highest BCUT2D eigenvalue weighted by Gasteiger charge is 2.12. The highest BCUT2D eigenvalue weighted by atomic mass is 16.5. The molecule has 0 aromatic heterocycles. The van der Waals surface area contributed by atoms with Gasteiger partial charge in [0, 0.05) is 5.56 Å². The summed E-state index contributed by atoms with van der Waals surface area (Å²) in [6.45, 7) is 2.27. The number of hydrogen-bond acceptors (Lipinski definition) is 3. The Balaban J connectivity index is 2.07. The predicted molar refractivity (Wildman–Crippen MR) is 55.6 cm³/mol. The van der Waals surface area contributed by atoms with Gasteiger partial charge in [0.15, 0.2) is 6.73 Å². The smallest absolute Gasteiger partial charge is 0.270 e. The summed E-state index contributed by atoms with van der Waals surface area (Å²) in [6.07, 6.45) is 3.22. The standard InChI is InChI=1S/C11H12N2O2/c1-9-4-2-3-5-10(9)11(14)12-13-6-7-15-8-13/h2-7H,8H2,1H3,(H,12,14). The van der Waals surface area contributed by atoms with Crippen LogP contribution in [0.5, 0.6) is 0 Å². The molecule has 1 N–H and O–H groups in total. The molecule has 1 aromatic carbocycles. The molecule has 4 heteroatoms. The molecule has 1 aliphatic rings. The summed E-state index contributed by atoms with van der Waals surface area (Å²) in [5, 5.41) is 1.59. The van der Waals surface area contributed by atoms with E-state index in [-0.39, 0.29) is 5.91 Å². The largest absolute Gasteiger partial charge is 0.477 e. The number of carbonyl (C=O) groups is 1. The van der Waals surface area contributed by atoms with Gasteiger partial charge >= 0.3 is 0 Å². The van der Waals surface area contributed by atoms with Crippen LogP contribution in [0.25, 0.3) is 0 Å². The number of ether oxygens (including phenoxy) is 1. The minimum atomic E-state index is -0.122. The zero-order chi connectivity index (χ0) is 10.7. The SMILES string of the molecule is Cc1ccccc1C(=O)NN1C=COC1. The Kier molecular flexibility index (Phi) is 2.58. The average Bonchev–Trinajstić information content (AvgIpc) is 2.71. The third kappa shape index (κ3) is 2.10. The van der Waals surface area contributed by atoms with Crippen LogP contribution in [0, 0.1) is 6.92 Å². The van der Waals surface area contributed by atoms with E-state index < -0.39 is 0 Å². The van der Waals surface area contributed by atoms with Gasteiger partial charge in [-0.05, 0) is 18.6 Å². The zero-order valence-electron chi connectivity index (χ0n) is 8.43. The number of carbonyl (C=O) groups excluding carboxylic acids is 1. The maximum Gasteiger partial charge on any atom is 0.270 e. The second-order valence-corrected chi connectivity index (χ2v) is 3.31. The highest BCUT2D eigenvalue weighted by molar-refractivity contribution is 5.95. The van der Waals surface area contributed by atoms with E-state index >= 15 is 0 Å². The fourth-order valence-electron chi connectivity index (χ4n) is 1.37. The van der Waals surface area contributed by atoms with Crippen LogP contribution < -0.4 is 5.43 Å². The molecule has 0 bridgehead atoms. The van der Waals surface area contributed by atoms with Crippen molar-refractivity contribution in [3.05, 3.63) is 47.9 Å². The van der Waals surface area contributed by atoms with Crippen LogP contribution in [0.2, 0.25) is 0 Å². The first-order valence-corrected chi connectivity index (χ1v) is 4.69. The number of nitrogens with zero attached hydrogens (tertiary/aromatic N) is 1. The highest BCUT2D eigenvalue weighted by Crippen LogP contribution is 2.07. The summed E-state index contributed by atoms with van der Waals surface area (Å²) in [5.74, 6) is -0.122. The number of nitrogens with one attached hydrogen (secondary N) is 1. The summed E-state index contributed by atoms with van der Waals surface area (Å²) in [4.78, 5) is 11.8.